The van der Waals surface area contributed by atoms with Crippen molar-refractivity contribution in [2.24, 2.45) is 0 Å². The van der Waals surface area contributed by atoms with Crippen LogP contribution in [0.3, 0.4) is 0 Å². The van der Waals surface area contributed by atoms with E-state index >= 15 is 0 Å². The van der Waals surface area contributed by atoms with Gasteiger partial charge in [-0.15, -0.1) is 0 Å². The summed E-state index contributed by atoms with van der Waals surface area (Å²) in [6.07, 6.45) is 24.4. The Bertz CT molecular complexity index is 338. The fourth-order valence-electron chi connectivity index (χ4n) is 3.31. The van der Waals surface area contributed by atoms with Gasteiger partial charge in [-0.25, -0.2) is 4.57 Å². The fraction of sp³-hybridized carbons (Fsp3) is 1.00. The molecule has 0 atom stereocenters. The minimum absolute atomic E-state index is 1.21. The van der Waals surface area contributed by atoms with Gasteiger partial charge < -0.3 is 30.6 Å². The van der Waals surface area contributed by atoms with E-state index in [1.165, 1.54) is 155 Å². The minimum atomic E-state index is -4.64. The van der Waals surface area contributed by atoms with E-state index in [2.05, 4.69) is 57.5 Å². The summed E-state index contributed by atoms with van der Waals surface area (Å²) in [4.78, 5) is 21.6. The summed E-state index contributed by atoms with van der Waals surface area (Å²) in [5.74, 6) is 0. The van der Waals surface area contributed by atoms with Gasteiger partial charge in [-0.2, -0.15) is 0 Å². The standard InChI is InChI=1S/3C10H23N.H3O4P/c3*1-3-5-7-8-10-11-9-6-4-2;1-5(2,3)4/h3*11H,3-10H2,1-2H3;(H3,1,2,3,4). The molecule has 0 aromatic heterocycles. The Labute approximate surface area is 239 Å². The van der Waals surface area contributed by atoms with Gasteiger partial charge in [0.1, 0.15) is 0 Å². The maximum Gasteiger partial charge on any atom is 0.466 e. The molecule has 0 rings (SSSR count). The fourth-order valence-corrected chi connectivity index (χ4v) is 3.31. The summed E-state index contributed by atoms with van der Waals surface area (Å²) in [6.45, 7) is 20.8. The minimum Gasteiger partial charge on any atom is -0.317 e. The summed E-state index contributed by atoms with van der Waals surface area (Å²) in [6, 6.07) is 0. The third kappa shape index (κ3) is 76.6. The van der Waals surface area contributed by atoms with Crippen LogP contribution in [0.25, 0.3) is 0 Å². The Morgan fingerprint density at radius 3 is 0.737 bits per heavy atom. The molecular weight excluding hydrogens is 497 g/mol. The molecule has 0 aliphatic rings. The van der Waals surface area contributed by atoms with Crippen molar-refractivity contribution in [2.45, 2.75) is 157 Å². The SMILES string of the molecule is CCCCCCNCCCC.CCCCCCNCCCC.CCCCCCNCCCC.O=P(O)(O)O. The first-order valence-electron chi connectivity index (χ1n) is 16.1. The first kappa shape index (κ1) is 45.0. The van der Waals surface area contributed by atoms with Crippen molar-refractivity contribution in [2.75, 3.05) is 39.3 Å². The van der Waals surface area contributed by atoms with Crippen molar-refractivity contribution in [1.29, 1.82) is 0 Å². The average Bonchev–Trinajstić information content (AvgIpc) is 2.87. The third-order valence-electron chi connectivity index (χ3n) is 5.74. The van der Waals surface area contributed by atoms with E-state index in [1.807, 2.05) is 0 Å². The molecule has 0 aromatic rings. The van der Waals surface area contributed by atoms with Crippen LogP contribution in [-0.4, -0.2) is 53.9 Å². The van der Waals surface area contributed by atoms with E-state index in [-0.39, 0.29) is 0 Å². The molecule has 0 heterocycles. The monoisotopic (exact) mass is 570 g/mol. The first-order valence-corrected chi connectivity index (χ1v) is 17.7. The molecule has 0 radical (unpaired) electrons. The van der Waals surface area contributed by atoms with Crippen LogP contribution in [0.5, 0.6) is 0 Å². The van der Waals surface area contributed by atoms with E-state index in [9.17, 15) is 0 Å². The lowest BCUT2D eigenvalue weighted by atomic mass is 10.2. The quantitative estimate of drug-likeness (QED) is 0.0516. The van der Waals surface area contributed by atoms with Gasteiger partial charge in [0.15, 0.2) is 0 Å². The number of unbranched alkanes of at least 4 members (excludes halogenated alkanes) is 12. The second kappa shape index (κ2) is 44.0. The number of nitrogens with one attached hydrogen (secondary N) is 3. The second-order valence-corrected chi connectivity index (χ2v) is 11.0. The Morgan fingerprint density at radius 2 is 0.553 bits per heavy atom. The molecule has 38 heavy (non-hydrogen) atoms. The van der Waals surface area contributed by atoms with Crippen LogP contribution < -0.4 is 16.0 Å². The van der Waals surface area contributed by atoms with E-state index in [1.54, 1.807) is 0 Å². The van der Waals surface area contributed by atoms with Gasteiger partial charge in [0.05, 0.1) is 0 Å². The van der Waals surface area contributed by atoms with Crippen molar-refractivity contribution >= 4 is 7.82 Å². The summed E-state index contributed by atoms with van der Waals surface area (Å²) in [5, 5.41) is 10.3. The van der Waals surface area contributed by atoms with Crippen molar-refractivity contribution in [3.8, 4) is 0 Å². The molecule has 0 aliphatic carbocycles. The van der Waals surface area contributed by atoms with Crippen LogP contribution >= 0.6 is 7.82 Å². The Morgan fingerprint density at radius 1 is 0.368 bits per heavy atom. The van der Waals surface area contributed by atoms with Crippen LogP contribution in [0.4, 0.5) is 0 Å². The molecule has 6 N–H and O–H groups in total. The first-order chi connectivity index (χ1) is 18.2. The van der Waals surface area contributed by atoms with Gasteiger partial charge in [-0.1, -0.05) is 119 Å². The van der Waals surface area contributed by atoms with E-state index in [4.69, 9.17) is 19.2 Å². The second-order valence-electron chi connectivity index (χ2n) is 10.0. The lowest BCUT2D eigenvalue weighted by Crippen LogP contribution is -2.16. The number of hydrogen-bond acceptors (Lipinski definition) is 4. The van der Waals surface area contributed by atoms with Crippen LogP contribution in [0.1, 0.15) is 157 Å². The number of phosphoric acid groups is 1. The lowest BCUT2D eigenvalue weighted by Gasteiger charge is -2.02. The van der Waals surface area contributed by atoms with Crippen LogP contribution in [0.2, 0.25) is 0 Å². The third-order valence-corrected chi connectivity index (χ3v) is 5.74. The summed E-state index contributed by atoms with van der Waals surface area (Å²) < 4.78 is 8.88. The van der Waals surface area contributed by atoms with Gasteiger partial charge in [0, 0.05) is 0 Å². The summed E-state index contributed by atoms with van der Waals surface area (Å²) in [5.41, 5.74) is 0. The Kier molecular flexibility index (Phi) is 52.1. The molecule has 0 aliphatic heterocycles. The molecule has 0 unspecified atom stereocenters. The number of rotatable bonds is 24. The summed E-state index contributed by atoms with van der Waals surface area (Å²) >= 11 is 0. The van der Waals surface area contributed by atoms with Gasteiger partial charge in [-0.05, 0) is 77.8 Å². The average molecular weight is 570 g/mol. The zero-order valence-electron chi connectivity index (χ0n) is 26.7. The highest BCUT2D eigenvalue weighted by atomic mass is 31.2. The van der Waals surface area contributed by atoms with Crippen LogP contribution in [0, 0.1) is 0 Å². The normalized spacial score (nSPS) is 10.6. The molecule has 0 saturated carbocycles. The predicted molar refractivity (Wildman–Crippen MR) is 170 cm³/mol. The molecule has 0 fully saturated rings. The lowest BCUT2D eigenvalue weighted by molar-refractivity contribution is 0.275. The number of hydrogen-bond donors (Lipinski definition) is 6. The van der Waals surface area contributed by atoms with E-state index < -0.39 is 7.82 Å². The molecule has 0 bridgehead atoms. The maximum absolute atomic E-state index is 8.88. The molecule has 7 nitrogen and oxygen atoms in total. The highest BCUT2D eigenvalue weighted by molar-refractivity contribution is 7.45. The van der Waals surface area contributed by atoms with Crippen molar-refractivity contribution in [3.05, 3.63) is 0 Å². The zero-order chi connectivity index (χ0) is 29.6. The maximum atomic E-state index is 8.88. The molecule has 0 spiro atoms. The van der Waals surface area contributed by atoms with E-state index in [0.29, 0.717) is 0 Å². The van der Waals surface area contributed by atoms with Gasteiger partial charge >= 0.3 is 7.82 Å². The predicted octanol–water partition coefficient (Wildman–Crippen LogP) is 7.94. The molecule has 8 heteroatoms. The molecule has 0 aromatic carbocycles. The highest BCUT2D eigenvalue weighted by Gasteiger charge is 2.00. The summed E-state index contributed by atoms with van der Waals surface area (Å²) in [7, 11) is -4.64. The largest absolute Gasteiger partial charge is 0.466 e. The topological polar surface area (TPSA) is 114 Å². The van der Waals surface area contributed by atoms with Crippen molar-refractivity contribution < 1.29 is 19.2 Å². The highest BCUT2D eigenvalue weighted by Crippen LogP contribution is 2.25. The van der Waals surface area contributed by atoms with Gasteiger partial charge in [-0.3, -0.25) is 0 Å². The molecule has 0 amide bonds. The van der Waals surface area contributed by atoms with Crippen molar-refractivity contribution in [3.63, 3.8) is 0 Å². The van der Waals surface area contributed by atoms with Gasteiger partial charge in [0.2, 0.25) is 0 Å². The Balaban J connectivity index is -0.000000209. The van der Waals surface area contributed by atoms with Crippen LogP contribution in [-0.2, 0) is 4.57 Å². The molecular formula is C30H72N3O4P. The smallest absolute Gasteiger partial charge is 0.317 e. The van der Waals surface area contributed by atoms with Crippen molar-refractivity contribution in [1.82, 2.24) is 16.0 Å². The van der Waals surface area contributed by atoms with Crippen LogP contribution in [0.15, 0.2) is 0 Å². The molecule has 236 valence electrons. The Hall–Kier alpha value is -0.0100. The van der Waals surface area contributed by atoms with Gasteiger partial charge in [0.25, 0.3) is 0 Å². The molecule has 0 saturated heterocycles. The van der Waals surface area contributed by atoms with E-state index in [0.717, 1.165) is 0 Å². The zero-order valence-corrected chi connectivity index (χ0v) is 27.6.